The third-order valence-corrected chi connectivity index (χ3v) is 3.23. The Kier molecular flexibility index (Phi) is 3.21. The Bertz CT molecular complexity index is 318. The monoisotopic (exact) mass is 205 g/mol. The molecule has 82 valence electrons. The topological polar surface area (TPSA) is 28.2 Å². The van der Waals surface area contributed by atoms with E-state index < -0.39 is 0 Å². The normalized spacial score (nSPS) is 17.7. The molecular formula is C12H19N3. The molecule has 0 saturated carbocycles. The van der Waals surface area contributed by atoms with E-state index in [1.54, 1.807) is 0 Å². The number of hydrogen-bond donors (Lipinski definition) is 1. The van der Waals surface area contributed by atoms with Crippen molar-refractivity contribution in [3.05, 3.63) is 24.0 Å². The fourth-order valence-electron chi connectivity index (χ4n) is 2.25. The molecule has 0 aromatic carbocycles. The van der Waals surface area contributed by atoms with Crippen LogP contribution in [-0.4, -0.2) is 31.2 Å². The molecule has 0 bridgehead atoms. The number of aryl methyl sites for hydroxylation is 1. The average Bonchev–Trinajstić information content (AvgIpc) is 2.30. The number of hydrogen-bond acceptors (Lipinski definition) is 3. The second-order valence-electron chi connectivity index (χ2n) is 4.25. The molecule has 2 heterocycles. The van der Waals surface area contributed by atoms with Crippen LogP contribution >= 0.6 is 0 Å². The zero-order valence-corrected chi connectivity index (χ0v) is 9.53. The van der Waals surface area contributed by atoms with Crippen LogP contribution in [0.15, 0.2) is 18.5 Å². The maximum atomic E-state index is 4.13. The van der Waals surface area contributed by atoms with Crippen molar-refractivity contribution >= 4 is 5.69 Å². The Morgan fingerprint density at radius 1 is 1.40 bits per heavy atom. The second-order valence-corrected chi connectivity index (χ2v) is 4.25. The number of aromatic nitrogens is 1. The molecule has 1 aliphatic heterocycles. The SMILES string of the molecule is Cc1cnccc1N(C)C1CCNCC1. The molecule has 0 unspecified atom stereocenters. The van der Waals surface area contributed by atoms with Crippen LogP contribution in [0.4, 0.5) is 5.69 Å². The van der Waals surface area contributed by atoms with E-state index >= 15 is 0 Å². The molecule has 3 nitrogen and oxygen atoms in total. The van der Waals surface area contributed by atoms with Crippen LogP contribution < -0.4 is 10.2 Å². The minimum Gasteiger partial charge on any atom is -0.371 e. The van der Waals surface area contributed by atoms with Crippen molar-refractivity contribution in [3.63, 3.8) is 0 Å². The van der Waals surface area contributed by atoms with E-state index in [1.807, 2.05) is 12.4 Å². The Hall–Kier alpha value is -1.09. The van der Waals surface area contributed by atoms with Crippen LogP contribution in [0, 0.1) is 6.92 Å². The molecule has 1 aromatic rings. The first kappa shape index (κ1) is 10.4. The molecule has 0 aliphatic carbocycles. The molecule has 0 amide bonds. The summed E-state index contributed by atoms with van der Waals surface area (Å²) in [6, 6.07) is 2.78. The van der Waals surface area contributed by atoms with Gasteiger partial charge in [0.1, 0.15) is 0 Å². The van der Waals surface area contributed by atoms with Crippen molar-refractivity contribution in [1.82, 2.24) is 10.3 Å². The second kappa shape index (κ2) is 4.62. The van der Waals surface area contributed by atoms with Gasteiger partial charge in [-0.25, -0.2) is 0 Å². The first-order chi connectivity index (χ1) is 7.29. The zero-order valence-electron chi connectivity index (χ0n) is 9.53. The smallest absolute Gasteiger partial charge is 0.0426 e. The number of rotatable bonds is 2. The Labute approximate surface area is 91.5 Å². The van der Waals surface area contributed by atoms with Gasteiger partial charge in [-0.3, -0.25) is 4.98 Å². The standard InChI is InChI=1S/C12H19N3/c1-10-9-14-8-5-12(10)15(2)11-3-6-13-7-4-11/h5,8-9,11,13H,3-4,6-7H2,1-2H3. The van der Waals surface area contributed by atoms with Gasteiger partial charge in [0.25, 0.3) is 0 Å². The van der Waals surface area contributed by atoms with E-state index in [0.717, 1.165) is 13.1 Å². The molecule has 15 heavy (non-hydrogen) atoms. The van der Waals surface area contributed by atoms with Crippen LogP contribution in [0.1, 0.15) is 18.4 Å². The van der Waals surface area contributed by atoms with Gasteiger partial charge in [-0.15, -0.1) is 0 Å². The number of anilines is 1. The van der Waals surface area contributed by atoms with Crippen LogP contribution in [0.25, 0.3) is 0 Å². The lowest BCUT2D eigenvalue weighted by atomic mass is 10.0. The molecule has 0 atom stereocenters. The number of piperidine rings is 1. The summed E-state index contributed by atoms with van der Waals surface area (Å²) >= 11 is 0. The minimum absolute atomic E-state index is 0.673. The number of pyridine rings is 1. The van der Waals surface area contributed by atoms with E-state index in [2.05, 4.69) is 35.2 Å². The summed E-state index contributed by atoms with van der Waals surface area (Å²) in [6.07, 6.45) is 6.28. The van der Waals surface area contributed by atoms with E-state index in [0.29, 0.717) is 6.04 Å². The summed E-state index contributed by atoms with van der Waals surface area (Å²) in [5.41, 5.74) is 2.58. The number of nitrogens with one attached hydrogen (secondary N) is 1. The highest BCUT2D eigenvalue weighted by Crippen LogP contribution is 2.22. The van der Waals surface area contributed by atoms with Gasteiger partial charge in [-0.1, -0.05) is 0 Å². The molecule has 1 N–H and O–H groups in total. The fraction of sp³-hybridized carbons (Fsp3) is 0.583. The summed E-state index contributed by atoms with van der Waals surface area (Å²) < 4.78 is 0. The Morgan fingerprint density at radius 3 is 2.80 bits per heavy atom. The molecule has 0 radical (unpaired) electrons. The summed E-state index contributed by atoms with van der Waals surface area (Å²) in [7, 11) is 2.19. The van der Waals surface area contributed by atoms with Gasteiger partial charge in [0, 0.05) is 31.2 Å². The van der Waals surface area contributed by atoms with Gasteiger partial charge < -0.3 is 10.2 Å². The molecule has 2 rings (SSSR count). The Morgan fingerprint density at radius 2 is 2.13 bits per heavy atom. The molecule has 0 spiro atoms. The van der Waals surface area contributed by atoms with Crippen LogP contribution in [0.5, 0.6) is 0 Å². The van der Waals surface area contributed by atoms with Crippen molar-refractivity contribution < 1.29 is 0 Å². The minimum atomic E-state index is 0.673. The largest absolute Gasteiger partial charge is 0.371 e. The lowest BCUT2D eigenvalue weighted by Crippen LogP contribution is -2.41. The zero-order chi connectivity index (χ0) is 10.7. The molecule has 1 fully saturated rings. The van der Waals surface area contributed by atoms with E-state index in [4.69, 9.17) is 0 Å². The van der Waals surface area contributed by atoms with Crippen LogP contribution in [0.3, 0.4) is 0 Å². The van der Waals surface area contributed by atoms with Gasteiger partial charge in [-0.05, 0) is 44.5 Å². The first-order valence-electron chi connectivity index (χ1n) is 5.63. The van der Waals surface area contributed by atoms with Crippen molar-refractivity contribution in [3.8, 4) is 0 Å². The van der Waals surface area contributed by atoms with Crippen molar-refractivity contribution in [2.24, 2.45) is 0 Å². The van der Waals surface area contributed by atoms with E-state index in [9.17, 15) is 0 Å². The Balaban J connectivity index is 2.12. The molecule has 1 saturated heterocycles. The predicted molar refractivity (Wildman–Crippen MR) is 63.3 cm³/mol. The molecule has 1 aromatic heterocycles. The lowest BCUT2D eigenvalue weighted by molar-refractivity contribution is 0.443. The van der Waals surface area contributed by atoms with Gasteiger partial charge in [0.2, 0.25) is 0 Å². The van der Waals surface area contributed by atoms with Crippen LogP contribution in [0.2, 0.25) is 0 Å². The third-order valence-electron chi connectivity index (χ3n) is 3.23. The van der Waals surface area contributed by atoms with Crippen molar-refractivity contribution in [2.45, 2.75) is 25.8 Å². The predicted octanol–water partition coefficient (Wildman–Crippen LogP) is 1.58. The van der Waals surface area contributed by atoms with E-state index in [-0.39, 0.29) is 0 Å². The average molecular weight is 205 g/mol. The molecule has 1 aliphatic rings. The summed E-state index contributed by atoms with van der Waals surface area (Å²) in [5.74, 6) is 0. The summed E-state index contributed by atoms with van der Waals surface area (Å²) in [5, 5.41) is 3.40. The van der Waals surface area contributed by atoms with Gasteiger partial charge in [0.05, 0.1) is 0 Å². The van der Waals surface area contributed by atoms with Gasteiger partial charge in [0.15, 0.2) is 0 Å². The van der Waals surface area contributed by atoms with E-state index in [1.165, 1.54) is 24.1 Å². The highest BCUT2D eigenvalue weighted by atomic mass is 15.1. The van der Waals surface area contributed by atoms with Crippen LogP contribution in [-0.2, 0) is 0 Å². The highest BCUT2D eigenvalue weighted by Gasteiger charge is 2.18. The third kappa shape index (κ3) is 2.29. The highest BCUT2D eigenvalue weighted by molar-refractivity contribution is 5.51. The van der Waals surface area contributed by atoms with Gasteiger partial charge >= 0.3 is 0 Å². The maximum absolute atomic E-state index is 4.13. The fourth-order valence-corrected chi connectivity index (χ4v) is 2.25. The summed E-state index contributed by atoms with van der Waals surface area (Å²) in [4.78, 5) is 6.53. The quantitative estimate of drug-likeness (QED) is 0.794. The summed E-state index contributed by atoms with van der Waals surface area (Å²) in [6.45, 7) is 4.40. The lowest BCUT2D eigenvalue weighted by Gasteiger charge is -2.34. The molecule has 3 heteroatoms. The maximum Gasteiger partial charge on any atom is 0.0426 e. The van der Waals surface area contributed by atoms with Crippen molar-refractivity contribution in [1.29, 1.82) is 0 Å². The number of nitrogens with zero attached hydrogens (tertiary/aromatic N) is 2. The van der Waals surface area contributed by atoms with Gasteiger partial charge in [-0.2, -0.15) is 0 Å². The van der Waals surface area contributed by atoms with Crippen molar-refractivity contribution in [2.75, 3.05) is 25.0 Å². The molecular weight excluding hydrogens is 186 g/mol. The first-order valence-corrected chi connectivity index (χ1v) is 5.63.